The highest BCUT2D eigenvalue weighted by molar-refractivity contribution is 5.91. The lowest BCUT2D eigenvalue weighted by Gasteiger charge is -2.35. The first-order chi connectivity index (χ1) is 14.6. The van der Waals surface area contributed by atoms with Gasteiger partial charge in [-0.15, -0.1) is 0 Å². The lowest BCUT2D eigenvalue weighted by atomic mass is 9.71. The minimum Gasteiger partial charge on any atom is -0.389 e. The maximum Gasteiger partial charge on any atom is 0.223 e. The molecule has 1 saturated carbocycles. The van der Waals surface area contributed by atoms with E-state index in [1.165, 1.54) is 18.2 Å². The van der Waals surface area contributed by atoms with Crippen LogP contribution in [-0.2, 0) is 11.2 Å². The molecular weight excluding hydrogens is 405 g/mol. The molecular formula is C24H25F3N2O2. The lowest BCUT2D eigenvalue weighted by molar-refractivity contribution is -0.130. The van der Waals surface area contributed by atoms with Gasteiger partial charge in [-0.25, -0.2) is 13.2 Å². The number of hydrogen-bond donors (Lipinski definition) is 3. The Labute approximate surface area is 178 Å². The molecule has 1 amide bonds. The molecule has 1 aromatic heterocycles. The van der Waals surface area contributed by atoms with Crippen molar-refractivity contribution in [1.29, 1.82) is 0 Å². The van der Waals surface area contributed by atoms with E-state index in [0.717, 1.165) is 11.6 Å². The van der Waals surface area contributed by atoms with E-state index in [2.05, 4.69) is 10.3 Å². The number of carbonyl (C=O) groups is 1. The van der Waals surface area contributed by atoms with E-state index in [1.54, 1.807) is 26.0 Å². The van der Waals surface area contributed by atoms with Gasteiger partial charge in [0, 0.05) is 29.6 Å². The Morgan fingerprint density at radius 1 is 1.13 bits per heavy atom. The molecule has 1 heterocycles. The average molecular weight is 430 g/mol. The van der Waals surface area contributed by atoms with Crippen LogP contribution in [0.3, 0.4) is 0 Å². The van der Waals surface area contributed by atoms with E-state index in [9.17, 15) is 23.1 Å². The molecule has 31 heavy (non-hydrogen) atoms. The smallest absolute Gasteiger partial charge is 0.223 e. The monoisotopic (exact) mass is 430 g/mol. The number of rotatable bonds is 6. The third-order valence-electron chi connectivity index (χ3n) is 5.86. The third-order valence-corrected chi connectivity index (χ3v) is 5.86. The van der Waals surface area contributed by atoms with Gasteiger partial charge >= 0.3 is 0 Å². The molecule has 0 saturated heterocycles. The van der Waals surface area contributed by atoms with Gasteiger partial charge in [0.1, 0.15) is 17.5 Å². The molecule has 2 aromatic carbocycles. The van der Waals surface area contributed by atoms with Crippen LogP contribution in [0, 0.1) is 29.3 Å². The molecule has 4 rings (SSSR count). The van der Waals surface area contributed by atoms with E-state index in [0.29, 0.717) is 35.9 Å². The first kappa shape index (κ1) is 21.4. The Hall–Kier alpha value is -2.80. The van der Waals surface area contributed by atoms with Gasteiger partial charge in [0.05, 0.1) is 11.1 Å². The van der Waals surface area contributed by atoms with Crippen molar-refractivity contribution in [2.75, 3.05) is 6.54 Å². The second-order valence-electron chi connectivity index (χ2n) is 9.06. The fraction of sp³-hybridized carbons (Fsp3) is 0.375. The Kier molecular flexibility index (Phi) is 5.56. The molecule has 1 aliphatic rings. The summed E-state index contributed by atoms with van der Waals surface area (Å²) in [6.45, 7) is 3.44. The van der Waals surface area contributed by atoms with E-state index >= 15 is 0 Å². The number of aromatic amines is 1. The molecule has 3 aromatic rings. The van der Waals surface area contributed by atoms with Gasteiger partial charge in [-0.05, 0) is 80.5 Å². The maximum atomic E-state index is 14.4. The second-order valence-corrected chi connectivity index (χ2v) is 9.06. The number of hydrogen-bond acceptors (Lipinski definition) is 2. The van der Waals surface area contributed by atoms with E-state index < -0.39 is 17.2 Å². The fourth-order valence-electron chi connectivity index (χ4n) is 4.20. The fourth-order valence-corrected chi connectivity index (χ4v) is 4.20. The van der Waals surface area contributed by atoms with Crippen LogP contribution in [-0.4, -0.2) is 28.1 Å². The van der Waals surface area contributed by atoms with Crippen molar-refractivity contribution in [1.82, 2.24) is 10.3 Å². The summed E-state index contributed by atoms with van der Waals surface area (Å²) in [6, 6.07) is 8.01. The predicted molar refractivity (Wildman–Crippen MR) is 113 cm³/mol. The highest BCUT2D eigenvalue weighted by Crippen LogP contribution is 2.41. The van der Waals surface area contributed by atoms with Crippen molar-refractivity contribution in [3.8, 4) is 11.3 Å². The molecule has 1 fully saturated rings. The van der Waals surface area contributed by atoms with Crippen LogP contribution in [0.15, 0.2) is 36.4 Å². The SMILES string of the molecule is CC(C)(O)CNC(=O)C1CC(Cc2c(-c3ccc(F)cc3)[nH]c3c(F)cc(F)cc23)C1. The number of benzene rings is 2. The summed E-state index contributed by atoms with van der Waals surface area (Å²) in [5.74, 6) is -1.76. The van der Waals surface area contributed by atoms with Gasteiger partial charge in [-0.1, -0.05) is 0 Å². The van der Waals surface area contributed by atoms with Crippen molar-refractivity contribution in [3.05, 3.63) is 59.4 Å². The van der Waals surface area contributed by atoms with Crippen LogP contribution in [0.1, 0.15) is 32.3 Å². The van der Waals surface area contributed by atoms with Crippen LogP contribution >= 0.6 is 0 Å². The highest BCUT2D eigenvalue weighted by Gasteiger charge is 2.36. The van der Waals surface area contributed by atoms with Crippen molar-refractivity contribution in [3.63, 3.8) is 0 Å². The summed E-state index contributed by atoms with van der Waals surface area (Å²) in [5.41, 5.74) is 1.33. The highest BCUT2D eigenvalue weighted by atomic mass is 19.1. The van der Waals surface area contributed by atoms with Crippen molar-refractivity contribution in [2.45, 2.75) is 38.7 Å². The van der Waals surface area contributed by atoms with Crippen LogP contribution in [0.4, 0.5) is 13.2 Å². The number of amides is 1. The molecule has 1 aliphatic carbocycles. The lowest BCUT2D eigenvalue weighted by Crippen LogP contribution is -2.44. The number of halogens is 3. The summed E-state index contributed by atoms with van der Waals surface area (Å²) >= 11 is 0. The Morgan fingerprint density at radius 2 is 1.81 bits per heavy atom. The molecule has 0 atom stereocenters. The topological polar surface area (TPSA) is 65.1 Å². The predicted octanol–water partition coefficient (Wildman–Crippen LogP) is 4.71. The third kappa shape index (κ3) is 4.61. The number of fused-ring (bicyclic) bond motifs is 1. The van der Waals surface area contributed by atoms with E-state index in [4.69, 9.17) is 0 Å². The van der Waals surface area contributed by atoms with Crippen molar-refractivity contribution >= 4 is 16.8 Å². The molecule has 0 aliphatic heterocycles. The first-order valence-electron chi connectivity index (χ1n) is 10.4. The molecule has 7 heteroatoms. The zero-order chi connectivity index (χ0) is 22.3. The van der Waals surface area contributed by atoms with Gasteiger partial charge in [-0.3, -0.25) is 4.79 Å². The molecule has 164 valence electrons. The van der Waals surface area contributed by atoms with E-state index in [1.807, 2.05) is 0 Å². The zero-order valence-electron chi connectivity index (χ0n) is 17.4. The van der Waals surface area contributed by atoms with Gasteiger partial charge < -0.3 is 15.4 Å². The van der Waals surface area contributed by atoms with Crippen LogP contribution in [0.5, 0.6) is 0 Å². The van der Waals surface area contributed by atoms with Gasteiger partial charge in [0.2, 0.25) is 5.91 Å². The number of aromatic nitrogens is 1. The van der Waals surface area contributed by atoms with Crippen molar-refractivity contribution in [2.24, 2.45) is 11.8 Å². The minimum absolute atomic E-state index is 0.0897. The molecule has 4 nitrogen and oxygen atoms in total. The quantitative estimate of drug-likeness (QED) is 0.530. The zero-order valence-corrected chi connectivity index (χ0v) is 17.4. The second kappa shape index (κ2) is 8.04. The number of carbonyl (C=O) groups excluding carboxylic acids is 1. The first-order valence-corrected chi connectivity index (χ1v) is 10.4. The summed E-state index contributed by atoms with van der Waals surface area (Å²) in [4.78, 5) is 15.3. The standard InChI is InChI=1S/C24H25F3N2O2/c1-24(2,31)12-28-23(30)15-7-13(8-15)9-18-19-10-17(26)11-20(27)22(19)29-21(18)14-3-5-16(25)6-4-14/h3-6,10-11,13,15,29,31H,7-9,12H2,1-2H3,(H,28,30). The maximum absolute atomic E-state index is 14.4. The van der Waals surface area contributed by atoms with Crippen LogP contribution in [0.25, 0.3) is 22.2 Å². The summed E-state index contributed by atoms with van der Waals surface area (Å²) < 4.78 is 41.7. The molecule has 0 spiro atoms. The van der Waals surface area contributed by atoms with E-state index in [-0.39, 0.29) is 35.6 Å². The molecule has 3 N–H and O–H groups in total. The average Bonchev–Trinajstić information content (AvgIpc) is 3.01. The Bertz CT molecular complexity index is 1110. The number of aliphatic hydroxyl groups is 1. The van der Waals surface area contributed by atoms with Crippen LogP contribution in [0.2, 0.25) is 0 Å². The van der Waals surface area contributed by atoms with Gasteiger partial charge in [-0.2, -0.15) is 0 Å². The normalized spacial score (nSPS) is 18.8. The summed E-state index contributed by atoms with van der Waals surface area (Å²) in [6.07, 6.45) is 1.86. The van der Waals surface area contributed by atoms with Crippen LogP contribution < -0.4 is 5.32 Å². The van der Waals surface area contributed by atoms with Gasteiger partial charge in [0.25, 0.3) is 0 Å². The summed E-state index contributed by atoms with van der Waals surface area (Å²) in [5, 5.41) is 13.0. The Balaban J connectivity index is 1.57. The summed E-state index contributed by atoms with van der Waals surface area (Å²) in [7, 11) is 0. The largest absolute Gasteiger partial charge is 0.389 e. The molecule has 0 unspecified atom stereocenters. The number of H-pyrrole nitrogens is 1. The van der Waals surface area contributed by atoms with Crippen molar-refractivity contribution < 1.29 is 23.1 Å². The molecule has 0 bridgehead atoms. The Morgan fingerprint density at radius 3 is 2.45 bits per heavy atom. The van der Waals surface area contributed by atoms with Gasteiger partial charge in [0.15, 0.2) is 0 Å². The number of nitrogens with one attached hydrogen (secondary N) is 2. The minimum atomic E-state index is -0.971. The molecule has 0 radical (unpaired) electrons.